The van der Waals surface area contributed by atoms with Crippen LogP contribution in [0.4, 0.5) is 11.4 Å². The molecule has 0 aliphatic heterocycles. The van der Waals surface area contributed by atoms with Gasteiger partial charge in [0.2, 0.25) is 0 Å². The lowest BCUT2D eigenvalue weighted by atomic mass is 10.0. The van der Waals surface area contributed by atoms with E-state index in [4.69, 9.17) is 9.84 Å². The summed E-state index contributed by atoms with van der Waals surface area (Å²) in [7, 11) is 0. The van der Waals surface area contributed by atoms with Crippen molar-refractivity contribution in [3.05, 3.63) is 65.4 Å². The zero-order valence-corrected chi connectivity index (χ0v) is 16.4. The number of carbonyl (C=O) groups is 2. The fraction of sp³-hybridized carbons (Fsp3) is 0.227. The lowest BCUT2D eigenvalue weighted by Gasteiger charge is -2.15. The Morgan fingerprint density at radius 1 is 1.14 bits per heavy atom. The van der Waals surface area contributed by atoms with Crippen molar-refractivity contribution in [3.63, 3.8) is 0 Å². The molecule has 2 aromatic carbocycles. The SMILES string of the molecule is CCOC(=O)c1cnc2ccc(C(=O)NCCO)cc2c1Nc1ccc(C)cc1. The summed E-state index contributed by atoms with van der Waals surface area (Å²) in [4.78, 5) is 29.2. The maximum absolute atomic E-state index is 12.5. The van der Waals surface area contributed by atoms with E-state index in [2.05, 4.69) is 15.6 Å². The largest absolute Gasteiger partial charge is 0.462 e. The zero-order chi connectivity index (χ0) is 20.8. The summed E-state index contributed by atoms with van der Waals surface area (Å²) < 4.78 is 5.18. The molecule has 3 aromatic rings. The van der Waals surface area contributed by atoms with E-state index < -0.39 is 5.97 Å². The molecule has 0 bridgehead atoms. The highest BCUT2D eigenvalue weighted by Gasteiger charge is 2.18. The molecule has 7 heteroatoms. The number of nitrogens with one attached hydrogen (secondary N) is 2. The van der Waals surface area contributed by atoms with Gasteiger partial charge in [-0.15, -0.1) is 0 Å². The van der Waals surface area contributed by atoms with Crippen LogP contribution in [-0.2, 0) is 4.74 Å². The molecule has 0 spiro atoms. The molecule has 1 heterocycles. The van der Waals surface area contributed by atoms with Gasteiger partial charge in [0.25, 0.3) is 5.91 Å². The topological polar surface area (TPSA) is 101 Å². The molecule has 0 unspecified atom stereocenters. The van der Waals surface area contributed by atoms with Crippen LogP contribution in [0.1, 0.15) is 33.2 Å². The summed E-state index contributed by atoms with van der Waals surface area (Å²) in [6, 6.07) is 12.8. The molecule has 0 aliphatic carbocycles. The second kappa shape index (κ2) is 9.16. The third-order valence-corrected chi connectivity index (χ3v) is 4.34. The summed E-state index contributed by atoms with van der Waals surface area (Å²) in [5.74, 6) is -0.810. The molecule has 3 N–H and O–H groups in total. The Balaban J connectivity index is 2.12. The molecule has 150 valence electrons. The second-order valence-electron chi connectivity index (χ2n) is 6.47. The van der Waals surface area contributed by atoms with Crippen LogP contribution in [0.15, 0.2) is 48.7 Å². The number of pyridine rings is 1. The van der Waals surface area contributed by atoms with E-state index in [-0.39, 0.29) is 31.2 Å². The number of amides is 1. The quantitative estimate of drug-likeness (QED) is 0.533. The molecular weight excluding hydrogens is 370 g/mol. The Morgan fingerprint density at radius 2 is 1.90 bits per heavy atom. The second-order valence-corrected chi connectivity index (χ2v) is 6.47. The van der Waals surface area contributed by atoms with Crippen LogP contribution >= 0.6 is 0 Å². The highest BCUT2D eigenvalue weighted by Crippen LogP contribution is 2.30. The average molecular weight is 393 g/mol. The van der Waals surface area contributed by atoms with Crippen molar-refractivity contribution in [2.45, 2.75) is 13.8 Å². The standard InChI is InChI=1S/C22H23N3O4/c1-3-29-22(28)18-13-24-19-9-6-15(21(27)23-10-11-26)12-17(19)20(18)25-16-7-4-14(2)5-8-16/h4-9,12-13,26H,3,10-11H2,1-2H3,(H,23,27)(H,24,25). The number of fused-ring (bicyclic) bond motifs is 1. The van der Waals surface area contributed by atoms with Gasteiger partial charge in [0.05, 0.1) is 24.4 Å². The Kier molecular flexibility index (Phi) is 6.41. The first-order chi connectivity index (χ1) is 14.0. The van der Waals surface area contributed by atoms with E-state index in [0.717, 1.165) is 11.3 Å². The monoisotopic (exact) mass is 393 g/mol. The van der Waals surface area contributed by atoms with Crippen LogP contribution in [0, 0.1) is 6.92 Å². The van der Waals surface area contributed by atoms with Crippen molar-refractivity contribution in [2.24, 2.45) is 0 Å². The molecule has 0 radical (unpaired) electrons. The summed E-state index contributed by atoms with van der Waals surface area (Å²) in [6.45, 7) is 3.99. The Bertz CT molecular complexity index is 1030. The number of hydrogen-bond donors (Lipinski definition) is 3. The fourth-order valence-corrected chi connectivity index (χ4v) is 2.88. The van der Waals surface area contributed by atoms with Crippen LogP contribution < -0.4 is 10.6 Å². The van der Waals surface area contributed by atoms with Crippen LogP contribution in [-0.4, -0.2) is 41.7 Å². The van der Waals surface area contributed by atoms with Gasteiger partial charge >= 0.3 is 5.97 Å². The predicted molar refractivity (Wildman–Crippen MR) is 112 cm³/mol. The van der Waals surface area contributed by atoms with Gasteiger partial charge in [-0.25, -0.2) is 4.79 Å². The first-order valence-electron chi connectivity index (χ1n) is 9.36. The highest BCUT2D eigenvalue weighted by atomic mass is 16.5. The number of hydrogen-bond acceptors (Lipinski definition) is 6. The third-order valence-electron chi connectivity index (χ3n) is 4.34. The Hall–Kier alpha value is -3.45. The van der Waals surface area contributed by atoms with E-state index in [0.29, 0.717) is 22.2 Å². The number of aromatic nitrogens is 1. The molecule has 3 rings (SSSR count). The maximum Gasteiger partial charge on any atom is 0.341 e. The molecule has 7 nitrogen and oxygen atoms in total. The molecule has 29 heavy (non-hydrogen) atoms. The average Bonchev–Trinajstić information content (AvgIpc) is 2.73. The minimum atomic E-state index is -0.494. The summed E-state index contributed by atoms with van der Waals surface area (Å²) >= 11 is 0. The molecule has 0 fully saturated rings. The summed E-state index contributed by atoms with van der Waals surface area (Å²) in [6.07, 6.45) is 1.47. The van der Waals surface area contributed by atoms with E-state index >= 15 is 0 Å². The van der Waals surface area contributed by atoms with Crippen molar-refractivity contribution < 1.29 is 19.4 Å². The normalized spacial score (nSPS) is 10.6. The van der Waals surface area contributed by atoms with Crippen LogP contribution in [0.25, 0.3) is 10.9 Å². The number of aryl methyl sites for hydroxylation is 1. The van der Waals surface area contributed by atoms with Crippen LogP contribution in [0.5, 0.6) is 0 Å². The smallest absolute Gasteiger partial charge is 0.341 e. The lowest BCUT2D eigenvalue weighted by Crippen LogP contribution is -2.26. The number of anilines is 2. The molecule has 1 aromatic heterocycles. The number of aliphatic hydroxyl groups is 1. The molecule has 0 saturated heterocycles. The lowest BCUT2D eigenvalue weighted by molar-refractivity contribution is 0.0527. The van der Waals surface area contributed by atoms with Crippen molar-refractivity contribution in [3.8, 4) is 0 Å². The van der Waals surface area contributed by atoms with Gasteiger partial charge in [-0.3, -0.25) is 9.78 Å². The van der Waals surface area contributed by atoms with Crippen molar-refractivity contribution in [1.82, 2.24) is 10.3 Å². The number of aliphatic hydroxyl groups excluding tert-OH is 1. The van der Waals surface area contributed by atoms with Crippen molar-refractivity contribution in [2.75, 3.05) is 25.1 Å². The fourth-order valence-electron chi connectivity index (χ4n) is 2.88. The number of esters is 1. The number of carbonyl (C=O) groups excluding carboxylic acids is 2. The number of rotatable bonds is 7. The summed E-state index contributed by atoms with van der Waals surface area (Å²) in [5.41, 5.74) is 3.75. The van der Waals surface area contributed by atoms with E-state index in [1.807, 2.05) is 31.2 Å². The zero-order valence-electron chi connectivity index (χ0n) is 16.4. The molecule has 0 aliphatic rings. The molecule has 1 amide bonds. The van der Waals surface area contributed by atoms with Gasteiger partial charge in [-0.1, -0.05) is 17.7 Å². The Labute approximate surface area is 168 Å². The van der Waals surface area contributed by atoms with E-state index in [9.17, 15) is 9.59 Å². The molecule has 0 atom stereocenters. The summed E-state index contributed by atoms with van der Waals surface area (Å²) in [5, 5.41) is 15.4. The third kappa shape index (κ3) is 4.70. The predicted octanol–water partition coefficient (Wildman–Crippen LogP) is 3.19. The number of ether oxygens (including phenoxy) is 1. The first kappa shape index (κ1) is 20.3. The van der Waals surface area contributed by atoms with Gasteiger partial charge in [0.1, 0.15) is 5.56 Å². The van der Waals surface area contributed by atoms with Gasteiger partial charge in [-0.2, -0.15) is 0 Å². The van der Waals surface area contributed by atoms with Crippen LogP contribution in [0.3, 0.4) is 0 Å². The van der Waals surface area contributed by atoms with Crippen LogP contribution in [0.2, 0.25) is 0 Å². The molecular formula is C22H23N3O4. The van der Waals surface area contributed by atoms with Gasteiger partial charge in [0, 0.05) is 29.4 Å². The van der Waals surface area contributed by atoms with Gasteiger partial charge in [-0.05, 0) is 44.2 Å². The minimum absolute atomic E-state index is 0.145. The number of benzene rings is 2. The maximum atomic E-state index is 12.5. The van der Waals surface area contributed by atoms with E-state index in [1.54, 1.807) is 25.1 Å². The molecule has 0 saturated carbocycles. The van der Waals surface area contributed by atoms with Crippen molar-refractivity contribution in [1.29, 1.82) is 0 Å². The van der Waals surface area contributed by atoms with Crippen molar-refractivity contribution >= 4 is 34.2 Å². The highest BCUT2D eigenvalue weighted by molar-refractivity contribution is 6.08. The Morgan fingerprint density at radius 3 is 2.59 bits per heavy atom. The van der Waals surface area contributed by atoms with E-state index in [1.165, 1.54) is 6.20 Å². The number of nitrogens with zero attached hydrogens (tertiary/aromatic N) is 1. The van der Waals surface area contributed by atoms with Gasteiger partial charge in [0.15, 0.2) is 0 Å². The minimum Gasteiger partial charge on any atom is -0.462 e. The van der Waals surface area contributed by atoms with Gasteiger partial charge < -0.3 is 20.5 Å². The first-order valence-corrected chi connectivity index (χ1v) is 9.36.